The first-order valence-electron chi connectivity index (χ1n) is 7.86. The van der Waals surface area contributed by atoms with E-state index in [9.17, 15) is 13.0 Å². The van der Waals surface area contributed by atoms with Crippen LogP contribution in [0.1, 0.15) is 59.9 Å². The average molecular weight is 348 g/mol. The van der Waals surface area contributed by atoms with Crippen molar-refractivity contribution < 1.29 is 42.5 Å². The van der Waals surface area contributed by atoms with Gasteiger partial charge in [-0.05, 0) is 53.7 Å². The molecular formula is C18H29NaO3S. The third kappa shape index (κ3) is 8.69. The van der Waals surface area contributed by atoms with E-state index in [1.165, 1.54) is 18.6 Å². The fraction of sp³-hybridized carbons (Fsp3) is 0.667. The van der Waals surface area contributed by atoms with Crippen LogP contribution in [0.3, 0.4) is 0 Å². The van der Waals surface area contributed by atoms with Crippen LogP contribution in [0.15, 0.2) is 29.2 Å². The first-order chi connectivity index (χ1) is 9.81. The minimum Gasteiger partial charge on any atom is -0.744 e. The molecule has 1 rings (SSSR count). The Morgan fingerprint density at radius 3 is 1.87 bits per heavy atom. The van der Waals surface area contributed by atoms with Crippen LogP contribution >= 0.6 is 0 Å². The summed E-state index contributed by atoms with van der Waals surface area (Å²) in [5.41, 5.74) is 1.46. The van der Waals surface area contributed by atoms with Crippen LogP contribution in [0.2, 0.25) is 0 Å². The summed E-state index contributed by atoms with van der Waals surface area (Å²) in [7, 11) is -4.36. The Labute approximate surface area is 164 Å². The Morgan fingerprint density at radius 2 is 1.48 bits per heavy atom. The third-order valence-corrected chi connectivity index (χ3v) is 4.66. The van der Waals surface area contributed by atoms with E-state index in [-0.39, 0.29) is 45.3 Å². The molecule has 126 valence electrons. The molecule has 0 aliphatic heterocycles. The van der Waals surface area contributed by atoms with Gasteiger partial charge < -0.3 is 4.55 Å². The third-order valence-electron chi connectivity index (χ3n) is 3.81. The van der Waals surface area contributed by atoms with E-state index in [2.05, 4.69) is 41.5 Å². The van der Waals surface area contributed by atoms with Gasteiger partial charge in [-0.25, -0.2) is 8.42 Å². The molecule has 23 heavy (non-hydrogen) atoms. The van der Waals surface area contributed by atoms with Gasteiger partial charge in [0.1, 0.15) is 10.1 Å². The second-order valence-electron chi connectivity index (χ2n) is 8.38. The Morgan fingerprint density at radius 1 is 1.00 bits per heavy atom. The SMILES string of the molecule is CC(C)CC(C)(C)CC(C)(C)Cc1ccc(S(=O)(=O)[O-])cc1.[Na+]. The van der Waals surface area contributed by atoms with Gasteiger partial charge in [-0.15, -0.1) is 0 Å². The van der Waals surface area contributed by atoms with E-state index in [0.717, 1.165) is 18.4 Å². The van der Waals surface area contributed by atoms with Crippen molar-refractivity contribution in [3.8, 4) is 0 Å². The molecule has 0 aliphatic carbocycles. The molecule has 0 N–H and O–H groups in total. The molecule has 0 saturated carbocycles. The Kier molecular flexibility index (Phi) is 8.53. The second kappa shape index (κ2) is 8.48. The maximum absolute atomic E-state index is 11.0. The van der Waals surface area contributed by atoms with Gasteiger partial charge in [0.25, 0.3) is 0 Å². The van der Waals surface area contributed by atoms with Crippen LogP contribution in [0.5, 0.6) is 0 Å². The first kappa shape index (κ1) is 23.1. The topological polar surface area (TPSA) is 57.2 Å². The molecule has 0 radical (unpaired) electrons. The van der Waals surface area contributed by atoms with E-state index in [4.69, 9.17) is 0 Å². The monoisotopic (exact) mass is 348 g/mol. The molecule has 0 aliphatic rings. The molecule has 0 amide bonds. The number of hydrogen-bond donors (Lipinski definition) is 0. The van der Waals surface area contributed by atoms with Crippen molar-refractivity contribution in [3.63, 3.8) is 0 Å². The molecule has 1 aromatic carbocycles. The summed E-state index contributed by atoms with van der Waals surface area (Å²) in [6, 6.07) is 6.32. The van der Waals surface area contributed by atoms with E-state index < -0.39 is 10.1 Å². The van der Waals surface area contributed by atoms with Crippen molar-refractivity contribution in [3.05, 3.63) is 29.8 Å². The quantitative estimate of drug-likeness (QED) is 0.556. The second-order valence-corrected chi connectivity index (χ2v) is 9.76. The van der Waals surface area contributed by atoms with E-state index in [1.807, 2.05) is 0 Å². The van der Waals surface area contributed by atoms with Crippen LogP contribution in [-0.4, -0.2) is 13.0 Å². The molecule has 0 saturated heterocycles. The molecule has 3 nitrogen and oxygen atoms in total. The number of hydrogen-bond acceptors (Lipinski definition) is 3. The Hall–Kier alpha value is 0.130. The zero-order chi connectivity index (χ0) is 17.2. The summed E-state index contributed by atoms with van der Waals surface area (Å²) in [5.74, 6) is 0.673. The van der Waals surface area contributed by atoms with Crippen molar-refractivity contribution in [1.82, 2.24) is 0 Å². The van der Waals surface area contributed by atoms with E-state index >= 15 is 0 Å². The molecule has 0 aromatic heterocycles. The van der Waals surface area contributed by atoms with Gasteiger partial charge in [0.2, 0.25) is 0 Å². The standard InChI is InChI=1S/C18H30O3S.Na/c1-14(2)11-17(3,4)13-18(5,6)12-15-7-9-16(10-8-15)22(19,20)21;/h7-10,14H,11-13H2,1-6H3,(H,19,20,21);/q;+1/p-1. The minimum absolute atomic E-state index is 0. The van der Waals surface area contributed by atoms with Gasteiger partial charge in [0.05, 0.1) is 4.90 Å². The van der Waals surface area contributed by atoms with Crippen molar-refractivity contribution in [1.29, 1.82) is 0 Å². The van der Waals surface area contributed by atoms with Crippen LogP contribution in [0.25, 0.3) is 0 Å². The van der Waals surface area contributed by atoms with Gasteiger partial charge in [-0.3, -0.25) is 0 Å². The summed E-state index contributed by atoms with van der Waals surface area (Å²) in [6.45, 7) is 13.6. The van der Waals surface area contributed by atoms with Crippen LogP contribution in [-0.2, 0) is 16.5 Å². The summed E-state index contributed by atoms with van der Waals surface area (Å²) in [5, 5.41) is 0. The largest absolute Gasteiger partial charge is 1.00 e. The zero-order valence-electron chi connectivity index (χ0n) is 15.6. The number of rotatable bonds is 7. The maximum atomic E-state index is 11.0. The van der Waals surface area contributed by atoms with Crippen LogP contribution < -0.4 is 29.6 Å². The molecule has 0 fully saturated rings. The van der Waals surface area contributed by atoms with Gasteiger partial charge >= 0.3 is 29.6 Å². The molecule has 0 bridgehead atoms. The van der Waals surface area contributed by atoms with Gasteiger partial charge in [-0.2, -0.15) is 0 Å². The first-order valence-corrected chi connectivity index (χ1v) is 9.26. The van der Waals surface area contributed by atoms with Crippen LogP contribution in [0, 0.1) is 16.7 Å². The Bertz CT molecular complexity index is 587. The summed E-state index contributed by atoms with van der Waals surface area (Å²) in [6.07, 6.45) is 3.15. The predicted octanol–water partition coefficient (Wildman–Crippen LogP) is 1.63. The van der Waals surface area contributed by atoms with Crippen molar-refractivity contribution >= 4 is 10.1 Å². The van der Waals surface area contributed by atoms with Crippen molar-refractivity contribution in [2.45, 2.75) is 65.7 Å². The fourth-order valence-corrected chi connectivity index (χ4v) is 4.33. The molecule has 5 heteroatoms. The summed E-state index contributed by atoms with van der Waals surface area (Å²) in [4.78, 5) is -0.158. The molecule has 1 aromatic rings. The van der Waals surface area contributed by atoms with Gasteiger partial charge in [-0.1, -0.05) is 53.7 Å². The van der Waals surface area contributed by atoms with Crippen molar-refractivity contribution in [2.24, 2.45) is 16.7 Å². The summed E-state index contributed by atoms with van der Waals surface area (Å²) >= 11 is 0. The van der Waals surface area contributed by atoms with E-state index in [1.54, 1.807) is 12.1 Å². The molecular weight excluding hydrogens is 319 g/mol. The zero-order valence-corrected chi connectivity index (χ0v) is 18.5. The molecule has 0 spiro atoms. The predicted molar refractivity (Wildman–Crippen MR) is 89.7 cm³/mol. The van der Waals surface area contributed by atoms with E-state index in [0.29, 0.717) is 5.92 Å². The molecule has 0 heterocycles. The van der Waals surface area contributed by atoms with Crippen LogP contribution in [0.4, 0.5) is 0 Å². The Balaban J connectivity index is 0.00000484. The molecule has 0 atom stereocenters. The maximum Gasteiger partial charge on any atom is 1.00 e. The smallest absolute Gasteiger partial charge is 0.744 e. The van der Waals surface area contributed by atoms with Gasteiger partial charge in [0, 0.05) is 0 Å². The van der Waals surface area contributed by atoms with Gasteiger partial charge in [0.15, 0.2) is 0 Å². The normalized spacial score (nSPS) is 13.0. The molecule has 0 unspecified atom stereocenters. The average Bonchev–Trinajstić information content (AvgIpc) is 2.23. The summed E-state index contributed by atoms with van der Waals surface area (Å²) < 4.78 is 32.9. The minimum atomic E-state index is -4.36. The fourth-order valence-electron chi connectivity index (χ4n) is 3.86. The number of benzene rings is 1. The van der Waals surface area contributed by atoms with Crippen molar-refractivity contribution in [2.75, 3.05) is 0 Å².